The van der Waals surface area contributed by atoms with Gasteiger partial charge in [0.15, 0.2) is 0 Å². The summed E-state index contributed by atoms with van der Waals surface area (Å²) in [6.07, 6.45) is 3.49. The van der Waals surface area contributed by atoms with Crippen LogP contribution in [0, 0.1) is 13.8 Å². The van der Waals surface area contributed by atoms with Crippen LogP contribution in [0.1, 0.15) is 21.5 Å². The standard InChI is InChI=1S/C23H24BrN5O/c1-16-6-5-9-20(17(16)2)27-21-8-4-3-7-19(21)22(30)28-10-12-29(13-11-28)23-25-14-18(24)15-26-23/h3-9,14-15,27H,10-13H2,1-2H3. The average molecular weight is 466 g/mol. The number of aromatic nitrogens is 2. The Morgan fingerprint density at radius 3 is 2.33 bits per heavy atom. The van der Waals surface area contributed by atoms with Gasteiger partial charge in [0.05, 0.1) is 15.7 Å². The van der Waals surface area contributed by atoms with E-state index >= 15 is 0 Å². The molecule has 4 rings (SSSR count). The Hall–Kier alpha value is -2.93. The summed E-state index contributed by atoms with van der Waals surface area (Å²) >= 11 is 3.36. The van der Waals surface area contributed by atoms with Gasteiger partial charge in [-0.3, -0.25) is 4.79 Å². The van der Waals surface area contributed by atoms with Gasteiger partial charge in [0.2, 0.25) is 5.95 Å². The zero-order chi connectivity index (χ0) is 21.1. The van der Waals surface area contributed by atoms with E-state index in [4.69, 9.17) is 0 Å². The molecule has 30 heavy (non-hydrogen) atoms. The molecule has 154 valence electrons. The molecule has 1 aliphatic heterocycles. The number of carbonyl (C=O) groups is 1. The molecule has 0 spiro atoms. The van der Waals surface area contributed by atoms with E-state index in [2.05, 4.69) is 56.0 Å². The van der Waals surface area contributed by atoms with Gasteiger partial charge in [-0.1, -0.05) is 24.3 Å². The summed E-state index contributed by atoms with van der Waals surface area (Å²) in [5.41, 5.74) is 4.94. The third kappa shape index (κ3) is 4.31. The van der Waals surface area contributed by atoms with E-state index in [9.17, 15) is 4.79 Å². The lowest BCUT2D eigenvalue weighted by molar-refractivity contribution is 0.0747. The number of nitrogens with one attached hydrogen (secondary N) is 1. The first kappa shape index (κ1) is 20.3. The van der Waals surface area contributed by atoms with Crippen molar-refractivity contribution in [2.75, 3.05) is 36.4 Å². The van der Waals surface area contributed by atoms with E-state index in [1.54, 1.807) is 12.4 Å². The van der Waals surface area contributed by atoms with E-state index in [-0.39, 0.29) is 5.91 Å². The molecule has 0 aliphatic carbocycles. The van der Waals surface area contributed by atoms with E-state index < -0.39 is 0 Å². The number of amides is 1. The normalized spacial score (nSPS) is 14.0. The number of para-hydroxylation sites is 1. The van der Waals surface area contributed by atoms with Gasteiger partial charge in [0.25, 0.3) is 5.91 Å². The molecule has 2 heterocycles. The second-order valence-corrected chi connectivity index (χ2v) is 8.31. The summed E-state index contributed by atoms with van der Waals surface area (Å²) in [6, 6.07) is 13.9. The molecular formula is C23H24BrN5O. The molecule has 0 radical (unpaired) electrons. The van der Waals surface area contributed by atoms with Crippen LogP contribution >= 0.6 is 15.9 Å². The number of rotatable bonds is 4. The van der Waals surface area contributed by atoms with Crippen molar-refractivity contribution in [1.82, 2.24) is 14.9 Å². The average Bonchev–Trinajstić information content (AvgIpc) is 2.77. The Balaban J connectivity index is 1.48. The van der Waals surface area contributed by atoms with Crippen LogP contribution in [-0.2, 0) is 0 Å². The largest absolute Gasteiger partial charge is 0.355 e. The first-order valence-electron chi connectivity index (χ1n) is 9.97. The lowest BCUT2D eigenvalue weighted by atomic mass is 10.1. The van der Waals surface area contributed by atoms with Crippen molar-refractivity contribution in [3.05, 3.63) is 76.0 Å². The van der Waals surface area contributed by atoms with E-state index in [1.807, 2.05) is 41.3 Å². The predicted molar refractivity (Wildman–Crippen MR) is 123 cm³/mol. The minimum absolute atomic E-state index is 0.0415. The van der Waals surface area contributed by atoms with Gasteiger partial charge in [-0.25, -0.2) is 9.97 Å². The molecule has 0 atom stereocenters. The summed E-state index contributed by atoms with van der Waals surface area (Å²) in [5.74, 6) is 0.738. The zero-order valence-electron chi connectivity index (χ0n) is 17.1. The molecular weight excluding hydrogens is 442 g/mol. The molecule has 0 bridgehead atoms. The number of piperazine rings is 1. The van der Waals surface area contributed by atoms with Crippen LogP contribution in [0.3, 0.4) is 0 Å². The third-order valence-electron chi connectivity index (χ3n) is 5.49. The van der Waals surface area contributed by atoms with Crippen molar-refractivity contribution in [3.8, 4) is 0 Å². The minimum atomic E-state index is 0.0415. The van der Waals surface area contributed by atoms with Gasteiger partial charge < -0.3 is 15.1 Å². The van der Waals surface area contributed by atoms with Gasteiger partial charge in [-0.15, -0.1) is 0 Å². The highest BCUT2D eigenvalue weighted by Gasteiger charge is 2.25. The van der Waals surface area contributed by atoms with Crippen LogP contribution in [0.15, 0.2) is 59.3 Å². The summed E-state index contributed by atoms with van der Waals surface area (Å²) in [7, 11) is 0. The lowest BCUT2D eigenvalue weighted by Gasteiger charge is -2.35. The third-order valence-corrected chi connectivity index (χ3v) is 5.90. The fourth-order valence-electron chi connectivity index (χ4n) is 3.56. The van der Waals surface area contributed by atoms with E-state index in [0.29, 0.717) is 37.7 Å². The molecule has 1 aromatic heterocycles. The number of hydrogen-bond donors (Lipinski definition) is 1. The molecule has 0 saturated carbocycles. The molecule has 7 heteroatoms. The number of aryl methyl sites for hydroxylation is 1. The van der Waals surface area contributed by atoms with Crippen LogP contribution in [0.5, 0.6) is 0 Å². The molecule has 1 aliphatic rings. The highest BCUT2D eigenvalue weighted by Crippen LogP contribution is 2.26. The van der Waals surface area contributed by atoms with Crippen LogP contribution < -0.4 is 10.2 Å². The first-order valence-corrected chi connectivity index (χ1v) is 10.8. The van der Waals surface area contributed by atoms with Gasteiger partial charge in [-0.2, -0.15) is 0 Å². The predicted octanol–water partition coefficient (Wildman–Crippen LogP) is 4.56. The van der Waals surface area contributed by atoms with Crippen LogP contribution in [-0.4, -0.2) is 47.0 Å². The minimum Gasteiger partial charge on any atom is -0.355 e. The van der Waals surface area contributed by atoms with Crippen molar-refractivity contribution in [2.45, 2.75) is 13.8 Å². The fraction of sp³-hybridized carbons (Fsp3) is 0.261. The van der Waals surface area contributed by atoms with E-state index in [0.717, 1.165) is 15.8 Å². The fourth-order valence-corrected chi connectivity index (χ4v) is 3.76. The highest BCUT2D eigenvalue weighted by molar-refractivity contribution is 9.10. The van der Waals surface area contributed by atoms with Crippen molar-refractivity contribution in [1.29, 1.82) is 0 Å². The summed E-state index contributed by atoms with van der Waals surface area (Å²) in [5, 5.41) is 3.46. The quantitative estimate of drug-likeness (QED) is 0.611. The van der Waals surface area contributed by atoms with Crippen LogP contribution in [0.25, 0.3) is 0 Å². The van der Waals surface area contributed by atoms with Crippen LogP contribution in [0.2, 0.25) is 0 Å². The topological polar surface area (TPSA) is 61.4 Å². The maximum Gasteiger partial charge on any atom is 0.256 e. The Morgan fingerprint density at radius 2 is 1.60 bits per heavy atom. The molecule has 6 nitrogen and oxygen atoms in total. The molecule has 1 saturated heterocycles. The highest BCUT2D eigenvalue weighted by atomic mass is 79.9. The molecule has 1 N–H and O–H groups in total. The second-order valence-electron chi connectivity index (χ2n) is 7.40. The van der Waals surface area contributed by atoms with E-state index in [1.165, 1.54) is 11.1 Å². The molecule has 3 aromatic rings. The van der Waals surface area contributed by atoms with Gasteiger partial charge in [-0.05, 0) is 59.1 Å². The maximum atomic E-state index is 13.3. The molecule has 0 unspecified atom stereocenters. The number of halogens is 1. The Labute approximate surface area is 185 Å². The zero-order valence-corrected chi connectivity index (χ0v) is 18.7. The van der Waals surface area contributed by atoms with Gasteiger partial charge in [0.1, 0.15) is 0 Å². The number of nitrogens with zero attached hydrogens (tertiary/aromatic N) is 4. The SMILES string of the molecule is Cc1cccc(Nc2ccccc2C(=O)N2CCN(c3ncc(Br)cn3)CC2)c1C. The smallest absolute Gasteiger partial charge is 0.256 e. The lowest BCUT2D eigenvalue weighted by Crippen LogP contribution is -2.49. The number of carbonyl (C=O) groups excluding carboxylic acids is 1. The Morgan fingerprint density at radius 1 is 0.933 bits per heavy atom. The summed E-state index contributed by atoms with van der Waals surface area (Å²) < 4.78 is 0.855. The summed E-state index contributed by atoms with van der Waals surface area (Å²) in [4.78, 5) is 26.0. The van der Waals surface area contributed by atoms with Crippen molar-refractivity contribution in [3.63, 3.8) is 0 Å². The molecule has 2 aromatic carbocycles. The Kier molecular flexibility index (Phi) is 5.99. The maximum absolute atomic E-state index is 13.3. The molecule has 1 amide bonds. The second kappa shape index (κ2) is 8.83. The summed E-state index contributed by atoms with van der Waals surface area (Å²) in [6.45, 7) is 6.86. The number of benzene rings is 2. The first-order chi connectivity index (χ1) is 14.5. The monoisotopic (exact) mass is 465 g/mol. The van der Waals surface area contributed by atoms with Gasteiger partial charge >= 0.3 is 0 Å². The van der Waals surface area contributed by atoms with Crippen LogP contribution in [0.4, 0.5) is 17.3 Å². The molecule has 1 fully saturated rings. The van der Waals surface area contributed by atoms with Crippen molar-refractivity contribution >= 4 is 39.2 Å². The Bertz CT molecular complexity index is 1050. The van der Waals surface area contributed by atoms with Crippen molar-refractivity contribution < 1.29 is 4.79 Å². The van der Waals surface area contributed by atoms with Gasteiger partial charge in [0, 0.05) is 44.3 Å². The number of hydrogen-bond acceptors (Lipinski definition) is 5. The van der Waals surface area contributed by atoms with Crippen molar-refractivity contribution in [2.24, 2.45) is 0 Å². The number of anilines is 3.